The van der Waals surface area contributed by atoms with Crippen molar-refractivity contribution in [1.82, 2.24) is 15.0 Å². The summed E-state index contributed by atoms with van der Waals surface area (Å²) in [6, 6.07) is 8.69. The highest BCUT2D eigenvalue weighted by Gasteiger charge is 2.08. The van der Waals surface area contributed by atoms with E-state index in [0.717, 1.165) is 10.7 Å². The molecule has 1 aromatic carbocycles. The number of rotatable bonds is 4. The number of benzene rings is 1. The quantitative estimate of drug-likeness (QED) is 0.730. The van der Waals surface area contributed by atoms with Gasteiger partial charge in [0.1, 0.15) is 12.4 Å². The van der Waals surface area contributed by atoms with Gasteiger partial charge in [-0.1, -0.05) is 11.6 Å². The standard InChI is InChI=1S/C15H9ClN4OS/c16-12-6-10(7-17)2-3-13(12)21-8-11-9-22-15(20-11)14-18-4-1-5-19-14/h1-6,9H,8H2. The van der Waals surface area contributed by atoms with Gasteiger partial charge in [-0.3, -0.25) is 0 Å². The second kappa shape index (κ2) is 6.52. The van der Waals surface area contributed by atoms with E-state index in [4.69, 9.17) is 21.6 Å². The molecule has 0 radical (unpaired) electrons. The summed E-state index contributed by atoms with van der Waals surface area (Å²) in [6.07, 6.45) is 3.35. The van der Waals surface area contributed by atoms with Gasteiger partial charge in [-0.2, -0.15) is 5.26 Å². The number of nitrogens with zero attached hydrogens (tertiary/aromatic N) is 4. The molecule has 0 spiro atoms. The van der Waals surface area contributed by atoms with Gasteiger partial charge in [-0.15, -0.1) is 11.3 Å². The van der Waals surface area contributed by atoms with E-state index in [0.29, 0.717) is 22.2 Å². The highest BCUT2D eigenvalue weighted by Crippen LogP contribution is 2.27. The Hall–Kier alpha value is -2.49. The van der Waals surface area contributed by atoms with Crippen molar-refractivity contribution in [3.8, 4) is 22.7 Å². The number of ether oxygens (including phenoxy) is 1. The third-order valence-corrected chi connectivity index (χ3v) is 3.93. The van der Waals surface area contributed by atoms with E-state index in [9.17, 15) is 0 Å². The van der Waals surface area contributed by atoms with Crippen molar-refractivity contribution in [1.29, 1.82) is 5.26 Å². The fourth-order valence-corrected chi connectivity index (χ4v) is 2.71. The lowest BCUT2D eigenvalue weighted by molar-refractivity contribution is 0.302. The zero-order chi connectivity index (χ0) is 15.4. The van der Waals surface area contributed by atoms with E-state index >= 15 is 0 Å². The van der Waals surface area contributed by atoms with Crippen molar-refractivity contribution in [3.05, 3.63) is 58.3 Å². The molecule has 108 valence electrons. The fourth-order valence-electron chi connectivity index (χ4n) is 1.72. The smallest absolute Gasteiger partial charge is 0.188 e. The zero-order valence-electron chi connectivity index (χ0n) is 11.2. The van der Waals surface area contributed by atoms with Gasteiger partial charge in [0.05, 0.1) is 22.3 Å². The highest BCUT2D eigenvalue weighted by atomic mass is 35.5. The van der Waals surface area contributed by atoms with Crippen molar-refractivity contribution in [2.75, 3.05) is 0 Å². The Kier molecular flexibility index (Phi) is 4.28. The van der Waals surface area contributed by atoms with Crippen molar-refractivity contribution in [3.63, 3.8) is 0 Å². The van der Waals surface area contributed by atoms with E-state index in [1.807, 2.05) is 11.4 Å². The number of aromatic nitrogens is 3. The van der Waals surface area contributed by atoms with E-state index in [1.54, 1.807) is 36.7 Å². The van der Waals surface area contributed by atoms with E-state index in [1.165, 1.54) is 11.3 Å². The molecule has 0 amide bonds. The molecule has 0 aliphatic carbocycles. The monoisotopic (exact) mass is 328 g/mol. The molecule has 7 heteroatoms. The molecule has 0 saturated heterocycles. The molecule has 2 heterocycles. The van der Waals surface area contributed by atoms with Crippen LogP contribution in [0.15, 0.2) is 42.0 Å². The third kappa shape index (κ3) is 3.22. The minimum absolute atomic E-state index is 0.287. The van der Waals surface area contributed by atoms with Crippen molar-refractivity contribution < 1.29 is 4.74 Å². The van der Waals surface area contributed by atoms with Crippen molar-refractivity contribution in [2.24, 2.45) is 0 Å². The number of hydrogen-bond donors (Lipinski definition) is 0. The normalized spacial score (nSPS) is 10.2. The van der Waals surface area contributed by atoms with Gasteiger partial charge in [-0.05, 0) is 24.3 Å². The first kappa shape index (κ1) is 14.4. The predicted molar refractivity (Wildman–Crippen MR) is 83.6 cm³/mol. The average molecular weight is 329 g/mol. The second-order valence-corrected chi connectivity index (χ2v) is 5.53. The Morgan fingerprint density at radius 1 is 1.27 bits per heavy atom. The topological polar surface area (TPSA) is 71.7 Å². The first-order chi connectivity index (χ1) is 10.8. The van der Waals surface area contributed by atoms with Gasteiger partial charge in [0.2, 0.25) is 0 Å². The molecule has 0 N–H and O–H groups in total. The number of thiazole rings is 1. The first-order valence-electron chi connectivity index (χ1n) is 6.30. The van der Waals surface area contributed by atoms with Crippen LogP contribution in [0.2, 0.25) is 5.02 Å². The molecule has 5 nitrogen and oxygen atoms in total. The Labute approximate surface area is 135 Å². The lowest BCUT2D eigenvalue weighted by Gasteiger charge is -2.06. The summed E-state index contributed by atoms with van der Waals surface area (Å²) in [5, 5.41) is 11.8. The summed E-state index contributed by atoms with van der Waals surface area (Å²) in [5.74, 6) is 1.11. The Bertz CT molecular complexity index is 829. The molecule has 2 aromatic heterocycles. The maximum Gasteiger partial charge on any atom is 0.188 e. The molecule has 3 rings (SSSR count). The number of nitriles is 1. The molecular weight excluding hydrogens is 320 g/mol. The fraction of sp³-hybridized carbons (Fsp3) is 0.0667. The van der Waals surface area contributed by atoms with Gasteiger partial charge >= 0.3 is 0 Å². The van der Waals surface area contributed by atoms with Crippen LogP contribution in [0.5, 0.6) is 5.75 Å². The molecule has 0 atom stereocenters. The van der Waals surface area contributed by atoms with Crippen LogP contribution in [0.1, 0.15) is 11.3 Å². The SMILES string of the molecule is N#Cc1ccc(OCc2csc(-c3ncccn3)n2)c(Cl)c1. The van der Waals surface area contributed by atoms with Crippen LogP contribution >= 0.6 is 22.9 Å². The van der Waals surface area contributed by atoms with Crippen molar-refractivity contribution >= 4 is 22.9 Å². The van der Waals surface area contributed by atoms with Crippen LogP contribution in [0.25, 0.3) is 10.8 Å². The minimum Gasteiger partial charge on any atom is -0.486 e. The molecular formula is C15H9ClN4OS. The van der Waals surface area contributed by atoms with Gasteiger partial charge in [-0.25, -0.2) is 15.0 Å². The summed E-state index contributed by atoms with van der Waals surface area (Å²) in [6.45, 7) is 0.287. The molecule has 22 heavy (non-hydrogen) atoms. The molecule has 0 unspecified atom stereocenters. The highest BCUT2D eigenvalue weighted by molar-refractivity contribution is 7.13. The lowest BCUT2D eigenvalue weighted by atomic mass is 10.2. The predicted octanol–water partition coefficient (Wildman–Crippen LogP) is 3.70. The summed E-state index contributed by atoms with van der Waals surface area (Å²) < 4.78 is 5.63. The van der Waals surface area contributed by atoms with Gasteiger partial charge < -0.3 is 4.74 Å². The average Bonchev–Trinajstić information content (AvgIpc) is 3.03. The Morgan fingerprint density at radius 2 is 2.09 bits per heavy atom. The minimum atomic E-state index is 0.287. The third-order valence-electron chi connectivity index (χ3n) is 2.75. The largest absolute Gasteiger partial charge is 0.486 e. The van der Waals surface area contributed by atoms with Gasteiger partial charge in [0.25, 0.3) is 0 Å². The van der Waals surface area contributed by atoms with Crippen LogP contribution in [0.3, 0.4) is 0 Å². The Morgan fingerprint density at radius 3 is 2.82 bits per heavy atom. The van der Waals surface area contributed by atoms with E-state index < -0.39 is 0 Å². The molecule has 0 aliphatic heterocycles. The summed E-state index contributed by atoms with van der Waals surface area (Å²) in [7, 11) is 0. The maximum absolute atomic E-state index is 8.80. The summed E-state index contributed by atoms with van der Waals surface area (Å²) >= 11 is 7.52. The van der Waals surface area contributed by atoms with E-state index in [2.05, 4.69) is 15.0 Å². The van der Waals surface area contributed by atoms with Crippen molar-refractivity contribution in [2.45, 2.75) is 6.61 Å². The molecule has 0 saturated carbocycles. The Balaban J connectivity index is 1.70. The number of halogens is 1. The van der Waals surface area contributed by atoms with Crippen LogP contribution in [0, 0.1) is 11.3 Å². The molecule has 3 aromatic rings. The van der Waals surface area contributed by atoms with Gasteiger partial charge in [0, 0.05) is 17.8 Å². The number of hydrogen-bond acceptors (Lipinski definition) is 6. The lowest BCUT2D eigenvalue weighted by Crippen LogP contribution is -1.97. The van der Waals surface area contributed by atoms with Crippen LogP contribution < -0.4 is 4.74 Å². The maximum atomic E-state index is 8.80. The summed E-state index contributed by atoms with van der Waals surface area (Å²) in [5.41, 5.74) is 1.27. The van der Waals surface area contributed by atoms with Crippen LogP contribution in [0.4, 0.5) is 0 Å². The zero-order valence-corrected chi connectivity index (χ0v) is 12.8. The van der Waals surface area contributed by atoms with E-state index in [-0.39, 0.29) is 6.61 Å². The first-order valence-corrected chi connectivity index (χ1v) is 7.56. The summed E-state index contributed by atoms with van der Waals surface area (Å²) in [4.78, 5) is 12.7. The van der Waals surface area contributed by atoms with Crippen LogP contribution in [-0.2, 0) is 6.61 Å². The molecule has 0 fully saturated rings. The molecule has 0 aliphatic rings. The molecule has 0 bridgehead atoms. The second-order valence-electron chi connectivity index (χ2n) is 4.26. The van der Waals surface area contributed by atoms with Gasteiger partial charge in [0.15, 0.2) is 10.8 Å². The van der Waals surface area contributed by atoms with Crippen LogP contribution in [-0.4, -0.2) is 15.0 Å².